The first-order valence-corrected chi connectivity index (χ1v) is 12.3. The minimum atomic E-state index is -3.80. The molecule has 2 aromatic carbocycles. The largest absolute Gasteiger partial charge is 0.357 e. The highest BCUT2D eigenvalue weighted by Crippen LogP contribution is 2.36. The Morgan fingerprint density at radius 2 is 1.73 bits per heavy atom. The van der Waals surface area contributed by atoms with Crippen LogP contribution in [-0.4, -0.2) is 73.8 Å². The van der Waals surface area contributed by atoms with Gasteiger partial charge in [-0.15, -0.1) is 0 Å². The van der Waals surface area contributed by atoms with Gasteiger partial charge in [-0.05, 0) is 29.7 Å². The van der Waals surface area contributed by atoms with Gasteiger partial charge in [0.15, 0.2) is 0 Å². The number of amides is 4. The Labute approximate surface area is 222 Å². The maximum Gasteiger partial charge on any atom is 0.349 e. The highest BCUT2D eigenvalue weighted by Gasteiger charge is 2.46. The first-order chi connectivity index (χ1) is 17.2. The van der Waals surface area contributed by atoms with Crippen molar-refractivity contribution < 1.29 is 28.0 Å². The van der Waals surface area contributed by atoms with Crippen LogP contribution in [0.3, 0.4) is 0 Å². The van der Waals surface area contributed by atoms with Gasteiger partial charge in [0.2, 0.25) is 11.8 Å². The molecule has 186 valence electrons. The fourth-order valence-electron chi connectivity index (χ4n) is 5.24. The lowest BCUT2D eigenvalue weighted by atomic mass is 9.54. The van der Waals surface area contributed by atoms with Gasteiger partial charge in [-0.25, -0.2) is 0 Å². The smallest absolute Gasteiger partial charge is 0.349 e. The second kappa shape index (κ2) is 9.38. The fraction of sp³-hybridized carbons (Fsp3) is 0.273. The van der Waals surface area contributed by atoms with Crippen LogP contribution in [0, 0.1) is 0 Å². The van der Waals surface area contributed by atoms with Crippen LogP contribution in [-0.2, 0) is 25.6 Å². The van der Waals surface area contributed by atoms with Crippen molar-refractivity contribution in [2.24, 2.45) is 0 Å². The van der Waals surface area contributed by atoms with Gasteiger partial charge in [0, 0.05) is 33.8 Å². The summed E-state index contributed by atoms with van der Waals surface area (Å²) in [5, 5.41) is 3.82. The molecule has 0 bridgehead atoms. The fourth-order valence-corrected chi connectivity index (χ4v) is 5.36. The van der Waals surface area contributed by atoms with E-state index in [4.69, 9.17) is 11.6 Å². The topological polar surface area (TPSA) is 95.6 Å². The zero-order valence-electron chi connectivity index (χ0n) is 21.2. The molecule has 0 radical (unpaired) electrons. The second-order valence-corrected chi connectivity index (χ2v) is 10.6. The second-order valence-electron chi connectivity index (χ2n) is 10.2. The first-order valence-electron chi connectivity index (χ1n) is 11.9. The molecule has 1 fully saturated rings. The lowest BCUT2D eigenvalue weighted by Gasteiger charge is -2.34. The molecule has 0 saturated carbocycles. The van der Waals surface area contributed by atoms with Crippen LogP contribution in [0.25, 0.3) is 0 Å². The summed E-state index contributed by atoms with van der Waals surface area (Å²) in [6, 6.07) is 5.76. The number of imide groups is 1. The van der Waals surface area contributed by atoms with Crippen molar-refractivity contribution in [3.8, 4) is 0 Å². The number of benzene rings is 2. The van der Waals surface area contributed by atoms with Crippen LogP contribution in [0.2, 0.25) is 5.02 Å². The highest BCUT2D eigenvalue weighted by molar-refractivity contribution is 6.54. The summed E-state index contributed by atoms with van der Waals surface area (Å²) in [4.78, 5) is 51.8. The van der Waals surface area contributed by atoms with Gasteiger partial charge in [0.1, 0.15) is 45.3 Å². The predicted molar refractivity (Wildman–Crippen MR) is 149 cm³/mol. The van der Waals surface area contributed by atoms with Gasteiger partial charge >= 0.3 is 5.92 Å². The molecule has 7 nitrogen and oxygen atoms in total. The number of fused-ring (bicyclic) bond motifs is 1. The molecule has 0 aromatic heterocycles. The number of hydrogen-bond acceptors (Lipinski definition) is 4. The van der Waals surface area contributed by atoms with Crippen LogP contribution in [0.15, 0.2) is 30.3 Å². The van der Waals surface area contributed by atoms with E-state index in [0.29, 0.717) is 27.6 Å². The number of carbonyl (C=O) groups excluding carboxylic acids is 4. The summed E-state index contributed by atoms with van der Waals surface area (Å²) < 4.78 is 30.0. The van der Waals surface area contributed by atoms with E-state index in [2.05, 4.69) is 10.6 Å². The van der Waals surface area contributed by atoms with Crippen LogP contribution < -0.4 is 21.6 Å². The van der Waals surface area contributed by atoms with E-state index in [1.165, 1.54) is 17.0 Å². The Hall–Kier alpha value is -3.01. The van der Waals surface area contributed by atoms with Gasteiger partial charge < -0.3 is 10.2 Å². The van der Waals surface area contributed by atoms with Crippen molar-refractivity contribution in [1.29, 1.82) is 0 Å². The maximum atomic E-state index is 15.0. The van der Waals surface area contributed by atoms with E-state index in [0.717, 1.165) is 12.1 Å². The molecule has 2 unspecified atom stereocenters. The average molecular weight is 521 g/mol. The summed E-state index contributed by atoms with van der Waals surface area (Å²) in [6.07, 6.45) is 0.356. The summed E-state index contributed by atoms with van der Waals surface area (Å²) in [7, 11) is 8.55. The Morgan fingerprint density at radius 3 is 2.32 bits per heavy atom. The van der Waals surface area contributed by atoms with Crippen molar-refractivity contribution in [2.45, 2.75) is 36.1 Å². The summed E-state index contributed by atoms with van der Waals surface area (Å²) in [6.45, 7) is 0. The molecule has 0 aliphatic carbocycles. The normalized spacial score (nSPS) is 20.0. The molecule has 0 spiro atoms. The average Bonchev–Trinajstić information content (AvgIpc) is 3.06. The van der Waals surface area contributed by atoms with Crippen molar-refractivity contribution in [2.75, 3.05) is 0 Å². The summed E-state index contributed by atoms with van der Waals surface area (Å²) in [5.41, 5.74) is 2.50. The van der Waals surface area contributed by atoms with Gasteiger partial charge in [-0.2, -0.15) is 8.78 Å². The standard InChI is InChI=1S/C22H23B5ClF2N3O4/c23-15-11(22(26,27)32-20(37)21(29,30)8-1-3-9(28)4-2-8)7-10-14(16(15)24)19(36)33(17(10)25)12-5-6-13(34)31-18(12)35/h1-4,7,12,17H,5-6,23-27H2,(H,32,37)(H,31,34,35). The third kappa shape index (κ3) is 4.60. The third-order valence-electron chi connectivity index (χ3n) is 7.38. The van der Waals surface area contributed by atoms with E-state index >= 15 is 0 Å². The van der Waals surface area contributed by atoms with E-state index < -0.39 is 40.6 Å². The minimum Gasteiger partial charge on any atom is -0.357 e. The predicted octanol–water partition coefficient (Wildman–Crippen LogP) is -3.97. The SMILES string of the molecule is Bc1c(C(B)(B)NC(=O)C(F)(F)c2ccc(Cl)cc2)cc2c(c1B)C(=O)N(C1CCC(=O)NC1=O)C2B. The van der Waals surface area contributed by atoms with Gasteiger partial charge in [0.25, 0.3) is 11.8 Å². The van der Waals surface area contributed by atoms with Crippen molar-refractivity contribution >= 4 is 85.4 Å². The molecule has 2 aromatic rings. The Kier molecular flexibility index (Phi) is 6.86. The third-order valence-corrected chi connectivity index (χ3v) is 7.63. The van der Waals surface area contributed by atoms with E-state index in [9.17, 15) is 28.0 Å². The molecule has 1 saturated heterocycles. The molecule has 15 heteroatoms. The van der Waals surface area contributed by atoms with E-state index in [1.807, 2.05) is 0 Å². The quantitative estimate of drug-likeness (QED) is 0.311. The van der Waals surface area contributed by atoms with Crippen LogP contribution in [0.1, 0.15) is 45.8 Å². The summed E-state index contributed by atoms with van der Waals surface area (Å²) in [5.74, 6) is -6.97. The zero-order chi connectivity index (χ0) is 27.4. The lowest BCUT2D eigenvalue weighted by Crippen LogP contribution is -2.55. The molecule has 4 rings (SSSR count). The van der Waals surface area contributed by atoms with Crippen LogP contribution in [0.5, 0.6) is 0 Å². The molecule has 2 N–H and O–H groups in total. The van der Waals surface area contributed by atoms with Crippen molar-refractivity contribution in [3.05, 3.63) is 57.6 Å². The Morgan fingerprint density at radius 1 is 1.11 bits per heavy atom. The van der Waals surface area contributed by atoms with Crippen molar-refractivity contribution in [3.63, 3.8) is 0 Å². The lowest BCUT2D eigenvalue weighted by molar-refractivity contribution is -0.147. The maximum absolute atomic E-state index is 15.0. The summed E-state index contributed by atoms with van der Waals surface area (Å²) >= 11 is 5.79. The zero-order valence-corrected chi connectivity index (χ0v) is 21.9. The Bertz CT molecular complexity index is 1340. The van der Waals surface area contributed by atoms with Gasteiger partial charge in [-0.3, -0.25) is 24.5 Å². The van der Waals surface area contributed by atoms with Crippen LogP contribution >= 0.6 is 11.6 Å². The molecule has 4 amide bonds. The van der Waals surface area contributed by atoms with Gasteiger partial charge in [-0.1, -0.05) is 40.7 Å². The number of piperidine rings is 1. The van der Waals surface area contributed by atoms with E-state index in [1.54, 1.807) is 45.3 Å². The number of hydrogen-bond donors (Lipinski definition) is 2. The first kappa shape index (κ1) is 27.0. The van der Waals surface area contributed by atoms with Gasteiger partial charge in [0.05, 0.1) is 0 Å². The number of halogens is 3. The molecular weight excluding hydrogens is 498 g/mol. The number of nitrogens with one attached hydrogen (secondary N) is 2. The molecule has 2 aliphatic rings. The number of nitrogens with zero attached hydrogens (tertiary/aromatic N) is 1. The van der Waals surface area contributed by atoms with Crippen LogP contribution in [0.4, 0.5) is 8.78 Å². The molecule has 37 heavy (non-hydrogen) atoms. The highest BCUT2D eigenvalue weighted by atomic mass is 35.5. The molecule has 2 heterocycles. The monoisotopic (exact) mass is 521 g/mol. The molecular formula is C22H23B5ClF2N3O4. The minimum absolute atomic E-state index is 0.132. The number of rotatable bonds is 5. The Balaban J connectivity index is 1.67. The number of alkyl halides is 2. The van der Waals surface area contributed by atoms with Crippen molar-refractivity contribution in [1.82, 2.24) is 15.5 Å². The number of carbonyl (C=O) groups is 4. The van der Waals surface area contributed by atoms with E-state index in [-0.39, 0.29) is 29.7 Å². The molecule has 2 atom stereocenters. The molecule has 2 aliphatic heterocycles.